The lowest BCUT2D eigenvalue weighted by Gasteiger charge is -2.15. The molecule has 0 aliphatic carbocycles. The van der Waals surface area contributed by atoms with Crippen LogP contribution in [0.5, 0.6) is 5.75 Å². The van der Waals surface area contributed by atoms with Gasteiger partial charge >= 0.3 is 5.97 Å². The first-order valence-electron chi connectivity index (χ1n) is 6.11. The topological polar surface area (TPSA) is 66.8 Å². The van der Waals surface area contributed by atoms with E-state index in [-0.39, 0.29) is 18.9 Å². The van der Waals surface area contributed by atoms with Crippen molar-refractivity contribution in [2.45, 2.75) is 19.3 Å². The van der Waals surface area contributed by atoms with E-state index < -0.39 is 5.97 Å². The predicted molar refractivity (Wildman–Crippen MR) is 71.2 cm³/mol. The van der Waals surface area contributed by atoms with Crippen LogP contribution in [0.25, 0.3) is 0 Å². The zero-order valence-electron chi connectivity index (χ0n) is 11.3. The number of hydrogen-bond acceptors (Lipinski definition) is 3. The summed E-state index contributed by atoms with van der Waals surface area (Å²) in [5.74, 6) is -0.152. The Morgan fingerprint density at radius 2 is 1.84 bits per heavy atom. The van der Waals surface area contributed by atoms with Gasteiger partial charge in [0.05, 0.1) is 13.5 Å². The number of hydrogen-bond donors (Lipinski definition) is 1. The minimum atomic E-state index is -0.894. The minimum Gasteiger partial charge on any atom is -0.497 e. The maximum absolute atomic E-state index is 11.8. The first kappa shape index (κ1) is 15.0. The van der Waals surface area contributed by atoms with Crippen LogP contribution in [0.3, 0.4) is 0 Å². The van der Waals surface area contributed by atoms with Gasteiger partial charge in [0.25, 0.3) is 0 Å². The molecule has 0 saturated heterocycles. The lowest BCUT2D eigenvalue weighted by molar-refractivity contribution is -0.138. The van der Waals surface area contributed by atoms with Crippen molar-refractivity contribution in [1.29, 1.82) is 0 Å². The second-order valence-electron chi connectivity index (χ2n) is 4.31. The highest BCUT2D eigenvalue weighted by atomic mass is 16.5. The van der Waals surface area contributed by atoms with E-state index in [1.807, 2.05) is 24.3 Å². The molecule has 1 amide bonds. The Labute approximate surface area is 112 Å². The molecule has 0 aromatic heterocycles. The van der Waals surface area contributed by atoms with Gasteiger partial charge in [-0.1, -0.05) is 12.1 Å². The third-order valence-electron chi connectivity index (χ3n) is 2.87. The van der Waals surface area contributed by atoms with Gasteiger partial charge in [0.15, 0.2) is 0 Å². The van der Waals surface area contributed by atoms with E-state index in [0.717, 1.165) is 11.3 Å². The number of nitrogens with zero attached hydrogens (tertiary/aromatic N) is 1. The lowest BCUT2D eigenvalue weighted by Crippen LogP contribution is -2.29. The van der Waals surface area contributed by atoms with Crippen LogP contribution in [0.15, 0.2) is 24.3 Å². The second-order valence-corrected chi connectivity index (χ2v) is 4.31. The molecular weight excluding hydrogens is 246 g/mol. The molecule has 0 saturated carbocycles. The zero-order valence-corrected chi connectivity index (χ0v) is 11.3. The van der Waals surface area contributed by atoms with E-state index in [2.05, 4.69) is 0 Å². The van der Waals surface area contributed by atoms with E-state index in [0.29, 0.717) is 12.8 Å². The number of methoxy groups -OCH3 is 1. The first-order valence-corrected chi connectivity index (χ1v) is 6.11. The Bertz CT molecular complexity index is 428. The van der Waals surface area contributed by atoms with E-state index in [9.17, 15) is 9.59 Å². The number of ether oxygens (including phenoxy) is 1. The van der Waals surface area contributed by atoms with Gasteiger partial charge in [-0.2, -0.15) is 0 Å². The fourth-order valence-electron chi connectivity index (χ4n) is 1.62. The van der Waals surface area contributed by atoms with E-state index in [4.69, 9.17) is 9.84 Å². The predicted octanol–water partition coefficient (Wildman–Crippen LogP) is 1.56. The molecule has 0 fully saturated rings. The minimum absolute atomic E-state index is 0.0230. The Balaban J connectivity index is 2.38. The maximum Gasteiger partial charge on any atom is 0.305 e. The van der Waals surface area contributed by atoms with E-state index in [1.54, 1.807) is 14.2 Å². The first-order chi connectivity index (χ1) is 9.02. The van der Waals surface area contributed by atoms with Gasteiger partial charge in [-0.15, -0.1) is 0 Å². The summed E-state index contributed by atoms with van der Waals surface area (Å²) in [6.07, 6.45) is 0.994. The van der Waals surface area contributed by atoms with E-state index in [1.165, 1.54) is 4.90 Å². The van der Waals surface area contributed by atoms with Crippen molar-refractivity contribution in [3.8, 4) is 5.75 Å². The molecule has 0 aliphatic heterocycles. The third-order valence-corrected chi connectivity index (χ3v) is 2.87. The second kappa shape index (κ2) is 7.41. The van der Waals surface area contributed by atoms with Crippen molar-refractivity contribution in [2.75, 3.05) is 20.7 Å². The highest BCUT2D eigenvalue weighted by Crippen LogP contribution is 2.12. The van der Waals surface area contributed by atoms with Crippen LogP contribution in [0.2, 0.25) is 0 Å². The lowest BCUT2D eigenvalue weighted by atomic mass is 10.1. The highest BCUT2D eigenvalue weighted by molar-refractivity contribution is 5.77. The van der Waals surface area contributed by atoms with Crippen molar-refractivity contribution in [1.82, 2.24) is 4.90 Å². The van der Waals surface area contributed by atoms with Crippen LogP contribution in [0.1, 0.15) is 18.4 Å². The maximum atomic E-state index is 11.8. The molecule has 0 atom stereocenters. The summed E-state index contributed by atoms with van der Waals surface area (Å²) in [6, 6.07) is 7.55. The fraction of sp³-hybridized carbons (Fsp3) is 0.429. The van der Waals surface area contributed by atoms with Crippen LogP contribution in [-0.4, -0.2) is 42.6 Å². The van der Waals surface area contributed by atoms with Crippen LogP contribution < -0.4 is 4.74 Å². The van der Waals surface area contributed by atoms with Crippen molar-refractivity contribution >= 4 is 11.9 Å². The number of carboxylic acid groups (broad SMARTS) is 1. The molecule has 1 rings (SSSR count). The molecule has 0 aliphatic rings. The summed E-state index contributed by atoms with van der Waals surface area (Å²) < 4.78 is 5.06. The number of aliphatic carboxylic acids is 1. The van der Waals surface area contributed by atoms with Crippen molar-refractivity contribution < 1.29 is 19.4 Å². The number of amides is 1. The molecule has 0 bridgehead atoms. The summed E-state index contributed by atoms with van der Waals surface area (Å²) in [5, 5.41) is 8.55. The molecule has 0 heterocycles. The molecule has 104 valence electrons. The molecule has 0 radical (unpaired) electrons. The summed E-state index contributed by atoms with van der Waals surface area (Å²) >= 11 is 0. The van der Waals surface area contributed by atoms with Gasteiger partial charge < -0.3 is 14.7 Å². The van der Waals surface area contributed by atoms with Crippen LogP contribution >= 0.6 is 0 Å². The van der Waals surface area contributed by atoms with Crippen LogP contribution in [-0.2, 0) is 16.0 Å². The summed E-state index contributed by atoms with van der Waals surface area (Å²) in [5.41, 5.74) is 1.06. The Morgan fingerprint density at radius 1 is 1.21 bits per heavy atom. The van der Waals surface area contributed by atoms with E-state index >= 15 is 0 Å². The van der Waals surface area contributed by atoms with Gasteiger partial charge in [-0.05, 0) is 24.1 Å². The van der Waals surface area contributed by atoms with Gasteiger partial charge in [0, 0.05) is 20.0 Å². The molecule has 0 spiro atoms. The highest BCUT2D eigenvalue weighted by Gasteiger charge is 2.10. The number of benzene rings is 1. The molecule has 5 heteroatoms. The van der Waals surface area contributed by atoms with Crippen LogP contribution in [0.4, 0.5) is 0 Å². The van der Waals surface area contributed by atoms with Crippen molar-refractivity contribution in [3.63, 3.8) is 0 Å². The zero-order chi connectivity index (χ0) is 14.3. The summed E-state index contributed by atoms with van der Waals surface area (Å²) in [6.45, 7) is 0.247. The quantitative estimate of drug-likeness (QED) is 0.812. The fourth-order valence-corrected chi connectivity index (χ4v) is 1.62. The molecular formula is C14H19NO4. The average Bonchev–Trinajstić information content (AvgIpc) is 2.42. The monoisotopic (exact) mass is 265 g/mol. The molecule has 5 nitrogen and oxygen atoms in total. The number of carbonyl (C=O) groups is 2. The third kappa shape index (κ3) is 5.42. The number of rotatable bonds is 7. The molecule has 19 heavy (non-hydrogen) atoms. The summed E-state index contributed by atoms with van der Waals surface area (Å²) in [4.78, 5) is 23.6. The van der Waals surface area contributed by atoms with Crippen molar-refractivity contribution in [2.24, 2.45) is 0 Å². The molecule has 0 unspecified atom stereocenters. The normalized spacial score (nSPS) is 10.0. The van der Waals surface area contributed by atoms with Crippen molar-refractivity contribution in [3.05, 3.63) is 29.8 Å². The molecule has 1 N–H and O–H groups in total. The smallest absolute Gasteiger partial charge is 0.305 e. The number of carbonyl (C=O) groups excluding carboxylic acids is 1. The standard InChI is InChI=1S/C14H19NO4/c1-15(10-9-14(17)18)13(16)8-5-11-3-6-12(19-2)7-4-11/h3-4,6-7H,5,8-10H2,1-2H3,(H,17,18). The largest absolute Gasteiger partial charge is 0.497 e. The number of aryl methyl sites for hydroxylation is 1. The average molecular weight is 265 g/mol. The molecule has 1 aromatic rings. The Morgan fingerprint density at radius 3 is 2.37 bits per heavy atom. The summed E-state index contributed by atoms with van der Waals surface area (Å²) in [7, 11) is 3.23. The Kier molecular flexibility index (Phi) is 5.85. The van der Waals surface area contributed by atoms with Gasteiger partial charge in [-0.3, -0.25) is 9.59 Å². The number of carboxylic acids is 1. The van der Waals surface area contributed by atoms with Gasteiger partial charge in [0.1, 0.15) is 5.75 Å². The SMILES string of the molecule is COc1ccc(CCC(=O)N(C)CCC(=O)O)cc1. The van der Waals surface area contributed by atoms with Gasteiger partial charge in [0.2, 0.25) is 5.91 Å². The van der Waals surface area contributed by atoms with Gasteiger partial charge in [-0.25, -0.2) is 0 Å². The Hall–Kier alpha value is -2.04. The molecule has 1 aromatic carbocycles. The van der Waals surface area contributed by atoms with Crippen LogP contribution in [0, 0.1) is 0 Å².